The van der Waals surface area contributed by atoms with Crippen molar-refractivity contribution in [2.75, 3.05) is 25.5 Å². The zero-order valence-electron chi connectivity index (χ0n) is 14.1. The summed E-state index contributed by atoms with van der Waals surface area (Å²) >= 11 is 1.77. The maximum Gasteiger partial charge on any atom is 0.128 e. The molecule has 1 atom stereocenters. The van der Waals surface area contributed by atoms with E-state index in [1.165, 1.54) is 42.8 Å². The van der Waals surface area contributed by atoms with Crippen LogP contribution in [0.2, 0.25) is 0 Å². The van der Waals surface area contributed by atoms with Gasteiger partial charge in [-0.2, -0.15) is 0 Å². The first-order valence-corrected chi connectivity index (χ1v) is 9.35. The van der Waals surface area contributed by atoms with E-state index in [2.05, 4.69) is 33.0 Å². The third-order valence-electron chi connectivity index (χ3n) is 4.58. The Balaban J connectivity index is 1.59. The summed E-state index contributed by atoms with van der Waals surface area (Å²) in [6.45, 7) is 2.27. The summed E-state index contributed by atoms with van der Waals surface area (Å²) in [5.41, 5.74) is 3.14. The molecule has 124 valence electrons. The second-order valence-corrected chi connectivity index (χ2v) is 7.48. The highest BCUT2D eigenvalue weighted by Gasteiger charge is 2.22. The third-order valence-corrected chi connectivity index (χ3v) is 5.34. The Hall–Kier alpha value is -1.46. The summed E-state index contributed by atoms with van der Waals surface area (Å²) in [5, 5.41) is 0. The molecule has 0 unspecified atom stereocenters. The van der Waals surface area contributed by atoms with Crippen LogP contribution in [0.4, 0.5) is 5.82 Å². The van der Waals surface area contributed by atoms with Crippen LogP contribution < -0.4 is 4.90 Å². The van der Waals surface area contributed by atoms with Gasteiger partial charge in [0.2, 0.25) is 0 Å². The third kappa shape index (κ3) is 4.52. The van der Waals surface area contributed by atoms with Crippen molar-refractivity contribution in [3.63, 3.8) is 0 Å². The van der Waals surface area contributed by atoms with E-state index in [1.54, 1.807) is 11.3 Å². The Bertz CT molecular complexity index is 597. The SMILES string of the molecule is CN(C)c1cccc(CC[C@@H]2CCCCN2Cc2cncs2)n1. The highest BCUT2D eigenvalue weighted by atomic mass is 32.1. The second kappa shape index (κ2) is 7.88. The number of piperidine rings is 1. The molecule has 0 N–H and O–H groups in total. The van der Waals surface area contributed by atoms with Crippen molar-refractivity contribution >= 4 is 17.2 Å². The molecule has 23 heavy (non-hydrogen) atoms. The molecule has 2 aromatic heterocycles. The Labute approximate surface area is 143 Å². The highest BCUT2D eigenvalue weighted by molar-refractivity contribution is 7.09. The van der Waals surface area contributed by atoms with Gasteiger partial charge < -0.3 is 4.90 Å². The van der Waals surface area contributed by atoms with Crippen LogP contribution in [-0.2, 0) is 13.0 Å². The van der Waals surface area contributed by atoms with Gasteiger partial charge in [-0.1, -0.05) is 12.5 Å². The van der Waals surface area contributed by atoms with E-state index in [0.717, 1.165) is 18.8 Å². The number of nitrogens with zero attached hydrogens (tertiary/aromatic N) is 4. The zero-order chi connectivity index (χ0) is 16.1. The van der Waals surface area contributed by atoms with Crippen molar-refractivity contribution < 1.29 is 0 Å². The molecule has 0 aromatic carbocycles. The lowest BCUT2D eigenvalue weighted by Gasteiger charge is -2.35. The topological polar surface area (TPSA) is 32.3 Å². The van der Waals surface area contributed by atoms with Gasteiger partial charge >= 0.3 is 0 Å². The maximum atomic E-state index is 4.76. The predicted octanol–water partition coefficient (Wildman–Crippen LogP) is 3.59. The van der Waals surface area contributed by atoms with E-state index in [9.17, 15) is 0 Å². The fourth-order valence-corrected chi connectivity index (χ4v) is 3.90. The van der Waals surface area contributed by atoms with Crippen LogP contribution >= 0.6 is 11.3 Å². The minimum Gasteiger partial charge on any atom is -0.363 e. The quantitative estimate of drug-likeness (QED) is 0.810. The zero-order valence-corrected chi connectivity index (χ0v) is 14.9. The number of aryl methyl sites for hydroxylation is 1. The number of aromatic nitrogens is 2. The first-order chi connectivity index (χ1) is 11.2. The molecule has 4 nitrogen and oxygen atoms in total. The standard InChI is InChI=1S/C18H26N4S/c1-21(2)18-8-5-6-15(20-18)9-10-16-7-3-4-11-22(16)13-17-12-19-14-23-17/h5-6,8,12,14,16H,3-4,7,9-11,13H2,1-2H3/t16-/m0/s1. The number of anilines is 1. The second-order valence-electron chi connectivity index (χ2n) is 6.51. The number of rotatable bonds is 6. The monoisotopic (exact) mass is 330 g/mol. The Kier molecular flexibility index (Phi) is 5.62. The van der Waals surface area contributed by atoms with Crippen molar-refractivity contribution in [2.45, 2.75) is 44.7 Å². The molecule has 5 heteroatoms. The van der Waals surface area contributed by atoms with Crippen LogP contribution in [0.3, 0.4) is 0 Å². The summed E-state index contributed by atoms with van der Waals surface area (Å²) in [5.74, 6) is 1.05. The molecule has 3 heterocycles. The lowest BCUT2D eigenvalue weighted by Crippen LogP contribution is -2.39. The lowest BCUT2D eigenvalue weighted by atomic mass is 9.97. The number of pyridine rings is 1. The molecule has 2 aromatic rings. The lowest BCUT2D eigenvalue weighted by molar-refractivity contribution is 0.133. The van der Waals surface area contributed by atoms with Gasteiger partial charge in [0, 0.05) is 43.4 Å². The number of thiazole rings is 1. The van der Waals surface area contributed by atoms with Gasteiger partial charge in [-0.25, -0.2) is 4.98 Å². The molecule has 1 aliphatic rings. The van der Waals surface area contributed by atoms with Crippen molar-refractivity contribution in [3.05, 3.63) is 40.5 Å². The Morgan fingerprint density at radius 3 is 3.00 bits per heavy atom. The molecular formula is C18H26N4S. The first kappa shape index (κ1) is 16.4. The van der Waals surface area contributed by atoms with E-state index in [-0.39, 0.29) is 0 Å². The average Bonchev–Trinajstić information content (AvgIpc) is 3.07. The summed E-state index contributed by atoms with van der Waals surface area (Å²) in [6, 6.07) is 7.02. The fraction of sp³-hybridized carbons (Fsp3) is 0.556. The Morgan fingerprint density at radius 2 is 2.22 bits per heavy atom. The van der Waals surface area contributed by atoms with E-state index in [4.69, 9.17) is 4.98 Å². The normalized spacial score (nSPS) is 19.0. The van der Waals surface area contributed by atoms with Crippen LogP contribution in [0.5, 0.6) is 0 Å². The van der Waals surface area contributed by atoms with Gasteiger partial charge in [0.1, 0.15) is 5.82 Å². The van der Waals surface area contributed by atoms with Gasteiger partial charge in [0.05, 0.1) is 5.51 Å². The molecule has 0 saturated carbocycles. The number of likely N-dealkylation sites (tertiary alicyclic amines) is 1. The molecule has 1 aliphatic heterocycles. The first-order valence-electron chi connectivity index (χ1n) is 8.47. The molecular weight excluding hydrogens is 304 g/mol. The van der Waals surface area contributed by atoms with Gasteiger partial charge in [0.25, 0.3) is 0 Å². The summed E-state index contributed by atoms with van der Waals surface area (Å²) < 4.78 is 0. The summed E-state index contributed by atoms with van der Waals surface area (Å²) in [6.07, 6.45) is 8.26. The fourth-order valence-electron chi connectivity index (χ4n) is 3.29. The minimum atomic E-state index is 0.677. The van der Waals surface area contributed by atoms with E-state index in [0.29, 0.717) is 6.04 Å². The van der Waals surface area contributed by atoms with Crippen molar-refractivity contribution in [1.29, 1.82) is 0 Å². The molecule has 0 bridgehead atoms. The maximum absolute atomic E-state index is 4.76. The van der Waals surface area contributed by atoms with Crippen molar-refractivity contribution in [1.82, 2.24) is 14.9 Å². The molecule has 1 fully saturated rings. The van der Waals surface area contributed by atoms with E-state index in [1.807, 2.05) is 25.8 Å². The number of hydrogen-bond acceptors (Lipinski definition) is 5. The summed E-state index contributed by atoms with van der Waals surface area (Å²) in [7, 11) is 4.09. The largest absolute Gasteiger partial charge is 0.363 e. The van der Waals surface area contributed by atoms with Gasteiger partial charge in [-0.15, -0.1) is 11.3 Å². The molecule has 0 radical (unpaired) electrons. The molecule has 3 rings (SSSR count). The van der Waals surface area contributed by atoms with Crippen LogP contribution in [-0.4, -0.2) is 41.5 Å². The minimum absolute atomic E-state index is 0.677. The van der Waals surface area contributed by atoms with Gasteiger partial charge in [0.15, 0.2) is 0 Å². The van der Waals surface area contributed by atoms with Crippen molar-refractivity contribution in [2.24, 2.45) is 0 Å². The van der Waals surface area contributed by atoms with Crippen LogP contribution in [0, 0.1) is 0 Å². The van der Waals surface area contributed by atoms with Crippen LogP contribution in [0.1, 0.15) is 36.3 Å². The number of hydrogen-bond donors (Lipinski definition) is 0. The van der Waals surface area contributed by atoms with Gasteiger partial charge in [-0.05, 0) is 44.4 Å². The van der Waals surface area contributed by atoms with Crippen LogP contribution in [0.15, 0.2) is 29.9 Å². The predicted molar refractivity (Wildman–Crippen MR) is 97.0 cm³/mol. The molecule has 1 saturated heterocycles. The summed E-state index contributed by atoms with van der Waals surface area (Å²) in [4.78, 5) is 15.1. The van der Waals surface area contributed by atoms with Gasteiger partial charge in [-0.3, -0.25) is 9.88 Å². The molecule has 0 aliphatic carbocycles. The molecule has 0 spiro atoms. The van der Waals surface area contributed by atoms with E-state index >= 15 is 0 Å². The Morgan fingerprint density at radius 1 is 1.30 bits per heavy atom. The molecule has 0 amide bonds. The van der Waals surface area contributed by atoms with Crippen molar-refractivity contribution in [3.8, 4) is 0 Å². The smallest absolute Gasteiger partial charge is 0.128 e. The highest BCUT2D eigenvalue weighted by Crippen LogP contribution is 2.24. The average molecular weight is 331 g/mol. The van der Waals surface area contributed by atoms with Crippen LogP contribution in [0.25, 0.3) is 0 Å². The van der Waals surface area contributed by atoms with E-state index < -0.39 is 0 Å².